The van der Waals surface area contributed by atoms with Crippen molar-refractivity contribution >= 4 is 17.3 Å². The molecule has 1 aromatic carbocycles. The van der Waals surface area contributed by atoms with E-state index in [0.29, 0.717) is 10.7 Å². The van der Waals surface area contributed by atoms with E-state index >= 15 is 0 Å². The fourth-order valence-corrected chi connectivity index (χ4v) is 1.91. The highest BCUT2D eigenvalue weighted by molar-refractivity contribution is 6.33. The number of halogens is 1. The second-order valence-electron chi connectivity index (χ2n) is 4.46. The third-order valence-electron chi connectivity index (χ3n) is 3.07. The fraction of sp³-hybridized carbons (Fsp3) is 0.500. The van der Waals surface area contributed by atoms with Crippen LogP contribution in [0, 0.1) is 11.8 Å². The molecular formula is C12H17ClN2. The Hall–Kier alpha value is -0.730. The Morgan fingerprint density at radius 3 is 2.87 bits per heavy atom. The van der Waals surface area contributed by atoms with Gasteiger partial charge in [0.25, 0.3) is 0 Å². The summed E-state index contributed by atoms with van der Waals surface area (Å²) in [6.07, 6.45) is 1.37. The summed E-state index contributed by atoms with van der Waals surface area (Å²) < 4.78 is 0. The van der Waals surface area contributed by atoms with Crippen molar-refractivity contribution < 1.29 is 0 Å². The van der Waals surface area contributed by atoms with Gasteiger partial charge in [-0.3, -0.25) is 0 Å². The zero-order valence-corrected chi connectivity index (χ0v) is 9.72. The van der Waals surface area contributed by atoms with Crippen LogP contribution in [0.5, 0.6) is 0 Å². The van der Waals surface area contributed by atoms with Crippen LogP contribution in [0.25, 0.3) is 0 Å². The monoisotopic (exact) mass is 224 g/mol. The summed E-state index contributed by atoms with van der Waals surface area (Å²) in [6, 6.07) is 5.81. The third kappa shape index (κ3) is 2.86. The molecule has 1 aromatic rings. The minimum atomic E-state index is 0.634. The standard InChI is InChI=1S/C12H17ClN2/c1-8-4-10(8)7-15-6-9-2-3-11(13)12(14)5-9/h2-3,5,8,10,15H,4,6-7,14H2,1H3. The van der Waals surface area contributed by atoms with Crippen LogP contribution < -0.4 is 11.1 Å². The van der Waals surface area contributed by atoms with Gasteiger partial charge in [0.2, 0.25) is 0 Å². The first kappa shape index (κ1) is 10.8. The highest BCUT2D eigenvalue weighted by Gasteiger charge is 2.31. The van der Waals surface area contributed by atoms with Gasteiger partial charge in [-0.2, -0.15) is 0 Å². The van der Waals surface area contributed by atoms with Gasteiger partial charge in [-0.05, 0) is 42.5 Å². The minimum Gasteiger partial charge on any atom is -0.398 e. The lowest BCUT2D eigenvalue weighted by Gasteiger charge is -2.05. The molecule has 0 aromatic heterocycles. The van der Waals surface area contributed by atoms with Crippen LogP contribution in [0.1, 0.15) is 18.9 Å². The van der Waals surface area contributed by atoms with Gasteiger partial charge in [0.15, 0.2) is 0 Å². The Kier molecular flexibility index (Phi) is 3.17. The lowest BCUT2D eigenvalue weighted by atomic mass is 10.2. The first-order valence-electron chi connectivity index (χ1n) is 5.41. The molecule has 1 saturated carbocycles. The molecule has 1 aliphatic carbocycles. The van der Waals surface area contributed by atoms with Crippen LogP contribution in [0.3, 0.4) is 0 Å². The molecule has 0 radical (unpaired) electrons. The first-order valence-corrected chi connectivity index (χ1v) is 5.79. The molecule has 0 amide bonds. The number of nitrogens with two attached hydrogens (primary N) is 1. The molecule has 3 heteroatoms. The molecule has 0 bridgehead atoms. The maximum atomic E-state index is 5.85. The van der Waals surface area contributed by atoms with Gasteiger partial charge in [0, 0.05) is 6.54 Å². The van der Waals surface area contributed by atoms with E-state index in [2.05, 4.69) is 12.2 Å². The van der Waals surface area contributed by atoms with Gasteiger partial charge in [-0.1, -0.05) is 24.6 Å². The minimum absolute atomic E-state index is 0.634. The second kappa shape index (κ2) is 4.42. The molecule has 2 rings (SSSR count). The van der Waals surface area contributed by atoms with Gasteiger partial charge in [0.1, 0.15) is 0 Å². The lowest BCUT2D eigenvalue weighted by molar-refractivity contribution is 0.612. The van der Waals surface area contributed by atoms with Crippen LogP contribution in [0.15, 0.2) is 18.2 Å². The van der Waals surface area contributed by atoms with E-state index in [1.807, 2.05) is 18.2 Å². The predicted molar refractivity (Wildman–Crippen MR) is 64.8 cm³/mol. The maximum Gasteiger partial charge on any atom is 0.0635 e. The molecule has 0 spiro atoms. The van der Waals surface area contributed by atoms with Crippen LogP contribution in [-0.4, -0.2) is 6.54 Å². The average Bonchev–Trinajstić information content (AvgIpc) is 2.88. The van der Waals surface area contributed by atoms with Gasteiger partial charge in [-0.15, -0.1) is 0 Å². The van der Waals surface area contributed by atoms with Crippen LogP contribution in [0.4, 0.5) is 5.69 Å². The molecule has 1 fully saturated rings. The smallest absolute Gasteiger partial charge is 0.0635 e. The summed E-state index contributed by atoms with van der Waals surface area (Å²) in [5.41, 5.74) is 7.59. The number of hydrogen-bond donors (Lipinski definition) is 2. The number of rotatable bonds is 4. The first-order chi connectivity index (χ1) is 7.16. The molecule has 82 valence electrons. The zero-order chi connectivity index (χ0) is 10.8. The zero-order valence-electron chi connectivity index (χ0n) is 8.96. The molecule has 3 N–H and O–H groups in total. The van der Waals surface area contributed by atoms with E-state index < -0.39 is 0 Å². The molecule has 2 nitrogen and oxygen atoms in total. The average molecular weight is 225 g/mol. The van der Waals surface area contributed by atoms with E-state index in [1.54, 1.807) is 0 Å². The number of nitrogens with one attached hydrogen (secondary N) is 1. The highest BCUT2D eigenvalue weighted by atomic mass is 35.5. The van der Waals surface area contributed by atoms with Gasteiger partial charge in [0.05, 0.1) is 10.7 Å². The Balaban J connectivity index is 1.80. The summed E-state index contributed by atoms with van der Waals surface area (Å²) in [6.45, 7) is 4.29. The number of anilines is 1. The molecular weight excluding hydrogens is 208 g/mol. The maximum absolute atomic E-state index is 5.85. The van der Waals surface area contributed by atoms with Crippen molar-refractivity contribution in [1.82, 2.24) is 5.32 Å². The summed E-state index contributed by atoms with van der Waals surface area (Å²) >= 11 is 5.85. The van der Waals surface area contributed by atoms with E-state index in [-0.39, 0.29) is 0 Å². The summed E-state index contributed by atoms with van der Waals surface area (Å²) in [7, 11) is 0. The van der Waals surface area contributed by atoms with Gasteiger partial charge in [-0.25, -0.2) is 0 Å². The number of nitrogen functional groups attached to an aromatic ring is 1. The van der Waals surface area contributed by atoms with E-state index in [1.165, 1.54) is 12.0 Å². The van der Waals surface area contributed by atoms with Crippen LogP contribution in [0.2, 0.25) is 5.02 Å². The van der Waals surface area contributed by atoms with Crippen molar-refractivity contribution in [2.45, 2.75) is 19.9 Å². The van der Waals surface area contributed by atoms with Crippen molar-refractivity contribution in [3.8, 4) is 0 Å². The Labute approximate surface area is 95.8 Å². The molecule has 1 aliphatic rings. The highest BCUT2D eigenvalue weighted by Crippen LogP contribution is 2.36. The van der Waals surface area contributed by atoms with E-state index in [4.69, 9.17) is 17.3 Å². The SMILES string of the molecule is CC1CC1CNCc1ccc(Cl)c(N)c1. The van der Waals surface area contributed by atoms with E-state index in [9.17, 15) is 0 Å². The molecule has 0 heterocycles. The summed E-state index contributed by atoms with van der Waals surface area (Å²) in [4.78, 5) is 0. The van der Waals surface area contributed by atoms with Crippen molar-refractivity contribution in [1.29, 1.82) is 0 Å². The van der Waals surface area contributed by atoms with Crippen LogP contribution in [-0.2, 0) is 6.54 Å². The van der Waals surface area contributed by atoms with Crippen molar-refractivity contribution in [2.24, 2.45) is 11.8 Å². The Bertz CT molecular complexity index is 351. The molecule has 0 aliphatic heterocycles. The van der Waals surface area contributed by atoms with Crippen molar-refractivity contribution in [3.63, 3.8) is 0 Å². The van der Waals surface area contributed by atoms with Gasteiger partial charge >= 0.3 is 0 Å². The third-order valence-corrected chi connectivity index (χ3v) is 3.42. The molecule has 2 unspecified atom stereocenters. The fourth-order valence-electron chi connectivity index (χ4n) is 1.79. The molecule has 0 saturated heterocycles. The molecule has 2 atom stereocenters. The largest absolute Gasteiger partial charge is 0.398 e. The normalized spacial score (nSPS) is 24.1. The second-order valence-corrected chi connectivity index (χ2v) is 4.87. The van der Waals surface area contributed by atoms with Crippen molar-refractivity contribution in [2.75, 3.05) is 12.3 Å². The summed E-state index contributed by atoms with van der Waals surface area (Å²) in [5.74, 6) is 1.79. The van der Waals surface area contributed by atoms with Crippen molar-refractivity contribution in [3.05, 3.63) is 28.8 Å². The van der Waals surface area contributed by atoms with Gasteiger partial charge < -0.3 is 11.1 Å². The lowest BCUT2D eigenvalue weighted by Crippen LogP contribution is -2.16. The predicted octanol–water partition coefficient (Wildman–Crippen LogP) is 2.67. The van der Waals surface area contributed by atoms with Crippen LogP contribution >= 0.6 is 11.6 Å². The number of hydrogen-bond acceptors (Lipinski definition) is 2. The Morgan fingerprint density at radius 1 is 1.53 bits per heavy atom. The Morgan fingerprint density at radius 2 is 2.27 bits per heavy atom. The summed E-state index contributed by atoms with van der Waals surface area (Å²) in [5, 5.41) is 4.08. The van der Waals surface area contributed by atoms with E-state index in [0.717, 1.165) is 24.9 Å². The quantitative estimate of drug-likeness (QED) is 0.772. The topological polar surface area (TPSA) is 38.0 Å². The number of benzene rings is 1. The molecule has 15 heavy (non-hydrogen) atoms.